The maximum Gasteiger partial charge on any atom is 0.136 e. The van der Waals surface area contributed by atoms with Crippen LogP contribution in [-0.4, -0.2) is 30.3 Å². The zero-order valence-electron chi connectivity index (χ0n) is 13.4. The molecule has 0 saturated heterocycles. The van der Waals surface area contributed by atoms with E-state index in [0.29, 0.717) is 6.04 Å². The van der Waals surface area contributed by atoms with Crippen LogP contribution in [0.15, 0.2) is 53.4 Å². The van der Waals surface area contributed by atoms with E-state index in [9.17, 15) is 4.39 Å². The molecule has 0 heterocycles. The lowest BCUT2D eigenvalue weighted by Gasteiger charge is -2.22. The summed E-state index contributed by atoms with van der Waals surface area (Å²) in [4.78, 5) is 3.25. The van der Waals surface area contributed by atoms with Crippen molar-refractivity contribution in [3.05, 3.63) is 59.9 Å². The zero-order chi connectivity index (χ0) is 16.1. The molecule has 0 radical (unpaired) electrons. The van der Waals surface area contributed by atoms with Crippen molar-refractivity contribution in [2.24, 2.45) is 0 Å². The molecule has 0 unspecified atom stereocenters. The molecule has 0 amide bonds. The summed E-state index contributed by atoms with van der Waals surface area (Å²) in [6.07, 6.45) is 2.56. The van der Waals surface area contributed by atoms with Gasteiger partial charge in [0.05, 0.1) is 7.11 Å². The van der Waals surface area contributed by atoms with E-state index in [-0.39, 0.29) is 5.82 Å². The summed E-state index contributed by atoms with van der Waals surface area (Å²) < 4.78 is 18.9. The summed E-state index contributed by atoms with van der Waals surface area (Å²) in [6.45, 7) is 1.93. The van der Waals surface area contributed by atoms with E-state index < -0.39 is 0 Å². The van der Waals surface area contributed by atoms with Crippen molar-refractivity contribution in [2.45, 2.75) is 30.3 Å². The van der Waals surface area contributed by atoms with Crippen molar-refractivity contribution < 1.29 is 9.13 Å². The highest BCUT2D eigenvalue weighted by atomic mass is 32.2. The predicted octanol–water partition coefficient (Wildman–Crippen LogP) is 4.59. The Bertz CT molecular complexity index is 628. The van der Waals surface area contributed by atoms with Crippen LogP contribution in [0.4, 0.5) is 4.39 Å². The molecule has 3 rings (SSSR count). The van der Waals surface area contributed by atoms with Crippen molar-refractivity contribution >= 4 is 11.8 Å². The van der Waals surface area contributed by atoms with Crippen molar-refractivity contribution in [1.82, 2.24) is 4.90 Å². The molecule has 0 spiro atoms. The third-order valence-corrected chi connectivity index (χ3v) is 5.11. The number of thioether (sulfide) groups is 1. The molecule has 1 aliphatic rings. The first-order chi connectivity index (χ1) is 11.3. The van der Waals surface area contributed by atoms with Gasteiger partial charge in [-0.25, -0.2) is 4.39 Å². The van der Waals surface area contributed by atoms with Crippen LogP contribution in [0.5, 0.6) is 5.75 Å². The van der Waals surface area contributed by atoms with Gasteiger partial charge >= 0.3 is 0 Å². The molecule has 2 nitrogen and oxygen atoms in total. The lowest BCUT2D eigenvalue weighted by molar-refractivity contribution is 0.271. The van der Waals surface area contributed by atoms with E-state index >= 15 is 0 Å². The van der Waals surface area contributed by atoms with E-state index in [1.54, 1.807) is 24.9 Å². The van der Waals surface area contributed by atoms with E-state index in [2.05, 4.69) is 17.0 Å². The van der Waals surface area contributed by atoms with Crippen molar-refractivity contribution in [1.29, 1.82) is 0 Å². The zero-order valence-corrected chi connectivity index (χ0v) is 14.2. The van der Waals surface area contributed by atoms with Crippen LogP contribution in [0.3, 0.4) is 0 Å². The lowest BCUT2D eigenvalue weighted by atomic mass is 10.2. The summed E-state index contributed by atoms with van der Waals surface area (Å²) in [5.41, 5.74) is 1.30. The molecule has 2 aromatic rings. The highest BCUT2D eigenvalue weighted by molar-refractivity contribution is 7.99. The monoisotopic (exact) mass is 331 g/mol. The molecule has 0 aliphatic heterocycles. The number of benzene rings is 2. The molecular weight excluding hydrogens is 309 g/mol. The molecule has 23 heavy (non-hydrogen) atoms. The Hall–Kier alpha value is -1.52. The fraction of sp³-hybridized carbons (Fsp3) is 0.368. The standard InChI is InChI=1S/C19H22FNOS/c1-22-17-10-6-15(7-11-17)14-21(16-8-9-16)12-13-23-19-5-3-2-4-18(19)20/h2-7,10-11,16H,8-9,12-14H2,1H3. The summed E-state index contributed by atoms with van der Waals surface area (Å²) in [5.74, 6) is 1.68. The largest absolute Gasteiger partial charge is 0.497 e. The summed E-state index contributed by atoms with van der Waals surface area (Å²) >= 11 is 1.60. The van der Waals surface area contributed by atoms with Gasteiger partial charge < -0.3 is 4.74 Å². The van der Waals surface area contributed by atoms with E-state index in [4.69, 9.17) is 4.74 Å². The van der Waals surface area contributed by atoms with E-state index in [1.807, 2.05) is 24.3 Å². The van der Waals surface area contributed by atoms with Crippen LogP contribution in [0.2, 0.25) is 0 Å². The van der Waals surface area contributed by atoms with Gasteiger partial charge in [-0.15, -0.1) is 11.8 Å². The Kier molecular flexibility index (Phi) is 5.57. The normalized spacial score (nSPS) is 14.2. The predicted molar refractivity (Wildman–Crippen MR) is 93.6 cm³/mol. The maximum absolute atomic E-state index is 13.7. The minimum Gasteiger partial charge on any atom is -0.497 e. The number of methoxy groups -OCH3 is 1. The third-order valence-electron chi connectivity index (χ3n) is 4.08. The highest BCUT2D eigenvalue weighted by Gasteiger charge is 2.28. The Morgan fingerprint density at radius 3 is 2.52 bits per heavy atom. The first-order valence-electron chi connectivity index (χ1n) is 8.00. The second-order valence-corrected chi connectivity index (χ2v) is 6.97. The minimum absolute atomic E-state index is 0.120. The topological polar surface area (TPSA) is 12.5 Å². The number of rotatable bonds is 8. The van der Waals surface area contributed by atoms with Gasteiger partial charge in [-0.1, -0.05) is 24.3 Å². The quantitative estimate of drug-likeness (QED) is 0.656. The van der Waals surface area contributed by atoms with E-state index in [1.165, 1.54) is 24.5 Å². The van der Waals surface area contributed by atoms with Crippen LogP contribution in [0, 0.1) is 5.82 Å². The molecule has 0 aromatic heterocycles. The van der Waals surface area contributed by atoms with Crippen molar-refractivity contribution in [3.8, 4) is 5.75 Å². The van der Waals surface area contributed by atoms with Crippen LogP contribution in [0.1, 0.15) is 18.4 Å². The first kappa shape index (κ1) is 16.3. The minimum atomic E-state index is -0.120. The molecule has 0 N–H and O–H groups in total. The van der Waals surface area contributed by atoms with Gasteiger partial charge in [-0.05, 0) is 42.7 Å². The fourth-order valence-corrected chi connectivity index (χ4v) is 3.56. The second kappa shape index (κ2) is 7.84. The van der Waals surface area contributed by atoms with Gasteiger partial charge in [0.25, 0.3) is 0 Å². The Labute approximate surface area is 141 Å². The van der Waals surface area contributed by atoms with Gasteiger partial charge in [0.1, 0.15) is 11.6 Å². The van der Waals surface area contributed by atoms with Crippen LogP contribution >= 0.6 is 11.8 Å². The number of nitrogens with zero attached hydrogens (tertiary/aromatic N) is 1. The summed E-state index contributed by atoms with van der Waals surface area (Å²) in [6, 6.07) is 16.0. The Morgan fingerprint density at radius 1 is 1.13 bits per heavy atom. The van der Waals surface area contributed by atoms with Crippen molar-refractivity contribution in [2.75, 3.05) is 19.4 Å². The first-order valence-corrected chi connectivity index (χ1v) is 8.99. The number of hydrogen-bond acceptors (Lipinski definition) is 3. The molecule has 122 valence electrons. The highest BCUT2D eigenvalue weighted by Crippen LogP contribution is 2.30. The van der Waals surface area contributed by atoms with Crippen LogP contribution in [-0.2, 0) is 6.54 Å². The number of ether oxygens (including phenoxy) is 1. The summed E-state index contributed by atoms with van der Waals surface area (Å²) in [5, 5.41) is 0. The van der Waals surface area contributed by atoms with Crippen LogP contribution in [0.25, 0.3) is 0 Å². The molecule has 4 heteroatoms. The maximum atomic E-state index is 13.7. The van der Waals surface area contributed by atoms with Crippen molar-refractivity contribution in [3.63, 3.8) is 0 Å². The second-order valence-electron chi connectivity index (χ2n) is 5.83. The van der Waals surface area contributed by atoms with Gasteiger partial charge in [-0.2, -0.15) is 0 Å². The SMILES string of the molecule is COc1ccc(CN(CCSc2ccccc2F)C2CC2)cc1. The Morgan fingerprint density at radius 2 is 1.87 bits per heavy atom. The third kappa shape index (κ3) is 4.72. The van der Waals surface area contributed by atoms with Gasteiger partial charge in [0.15, 0.2) is 0 Å². The van der Waals surface area contributed by atoms with Gasteiger partial charge in [0, 0.05) is 29.8 Å². The van der Waals surface area contributed by atoms with Crippen LogP contribution < -0.4 is 4.74 Å². The average Bonchev–Trinajstić information content (AvgIpc) is 3.41. The van der Waals surface area contributed by atoms with E-state index in [0.717, 1.165) is 29.5 Å². The molecule has 1 fully saturated rings. The molecule has 2 aromatic carbocycles. The number of halogens is 1. The lowest BCUT2D eigenvalue weighted by Crippen LogP contribution is -2.28. The molecular formula is C19H22FNOS. The molecule has 1 saturated carbocycles. The fourth-order valence-electron chi connectivity index (χ4n) is 2.63. The van der Waals surface area contributed by atoms with Gasteiger partial charge in [-0.3, -0.25) is 4.90 Å². The summed E-state index contributed by atoms with van der Waals surface area (Å²) in [7, 11) is 1.69. The number of hydrogen-bond donors (Lipinski definition) is 0. The smallest absolute Gasteiger partial charge is 0.136 e. The molecule has 0 bridgehead atoms. The Balaban J connectivity index is 1.53. The van der Waals surface area contributed by atoms with Gasteiger partial charge in [0.2, 0.25) is 0 Å². The molecule has 1 aliphatic carbocycles. The molecule has 0 atom stereocenters. The average molecular weight is 331 g/mol.